The average Bonchev–Trinajstić information content (AvgIpc) is 2.80. The molecule has 0 unspecified atom stereocenters. The molecule has 1 saturated heterocycles. The van der Waals surface area contributed by atoms with Crippen LogP contribution in [0.1, 0.15) is 33.5 Å². The number of ether oxygens (including phenoxy) is 1. The molecule has 2 N–H and O–H groups in total. The lowest BCUT2D eigenvalue weighted by Crippen LogP contribution is -2.58. The first kappa shape index (κ1) is 14.5. The fourth-order valence-corrected chi connectivity index (χ4v) is 2.67. The summed E-state index contributed by atoms with van der Waals surface area (Å²) in [7, 11) is 0. The van der Waals surface area contributed by atoms with Crippen molar-refractivity contribution in [2.45, 2.75) is 52.0 Å². The van der Waals surface area contributed by atoms with Crippen molar-refractivity contribution in [1.82, 2.24) is 20.2 Å². The maximum atomic E-state index is 5.80. The zero-order valence-electron chi connectivity index (χ0n) is 12.4. The highest BCUT2D eigenvalue weighted by molar-refractivity contribution is 4.91. The molecular weight excluding hydrogens is 240 g/mol. The summed E-state index contributed by atoms with van der Waals surface area (Å²) in [6, 6.07) is 0. The number of hydrogen-bond acceptors (Lipinski definition) is 4. The third-order valence-electron chi connectivity index (χ3n) is 3.68. The molecule has 2 heterocycles. The SMILES string of the molecule is C[C@@H]1CN(C(C)(C)CNCc2ncc[nH]2)C[C@H](C)O1. The largest absolute Gasteiger partial charge is 0.373 e. The van der Waals surface area contributed by atoms with Gasteiger partial charge in [-0.2, -0.15) is 0 Å². The Morgan fingerprint density at radius 2 is 2.11 bits per heavy atom. The smallest absolute Gasteiger partial charge is 0.120 e. The number of nitrogens with zero attached hydrogens (tertiary/aromatic N) is 2. The molecule has 5 heteroatoms. The Hall–Kier alpha value is -0.910. The van der Waals surface area contributed by atoms with E-state index in [0.717, 1.165) is 32.0 Å². The molecule has 1 aliphatic rings. The maximum Gasteiger partial charge on any atom is 0.120 e. The molecule has 1 aromatic rings. The summed E-state index contributed by atoms with van der Waals surface area (Å²) in [5, 5.41) is 3.48. The lowest BCUT2D eigenvalue weighted by atomic mass is 10.00. The molecule has 5 nitrogen and oxygen atoms in total. The van der Waals surface area contributed by atoms with Crippen molar-refractivity contribution in [2.75, 3.05) is 19.6 Å². The fraction of sp³-hybridized carbons (Fsp3) is 0.786. The molecule has 0 saturated carbocycles. The molecule has 0 amide bonds. The minimum Gasteiger partial charge on any atom is -0.373 e. The Morgan fingerprint density at radius 1 is 1.42 bits per heavy atom. The molecular formula is C14H26N4O. The van der Waals surface area contributed by atoms with Crippen molar-refractivity contribution < 1.29 is 4.74 Å². The highest BCUT2D eigenvalue weighted by atomic mass is 16.5. The van der Waals surface area contributed by atoms with Crippen molar-refractivity contribution in [3.05, 3.63) is 18.2 Å². The number of H-pyrrole nitrogens is 1. The van der Waals surface area contributed by atoms with Crippen molar-refractivity contribution in [2.24, 2.45) is 0 Å². The van der Waals surface area contributed by atoms with E-state index in [1.807, 2.05) is 6.20 Å². The summed E-state index contributed by atoms with van der Waals surface area (Å²) < 4.78 is 5.80. The van der Waals surface area contributed by atoms with E-state index in [2.05, 4.69) is 47.9 Å². The summed E-state index contributed by atoms with van der Waals surface area (Å²) >= 11 is 0. The number of nitrogens with one attached hydrogen (secondary N) is 2. The predicted molar refractivity (Wildman–Crippen MR) is 76.0 cm³/mol. The van der Waals surface area contributed by atoms with Crippen LogP contribution in [0.4, 0.5) is 0 Å². The zero-order valence-corrected chi connectivity index (χ0v) is 12.4. The normalized spacial score (nSPS) is 25.7. The van der Waals surface area contributed by atoms with Crippen molar-refractivity contribution in [3.8, 4) is 0 Å². The van der Waals surface area contributed by atoms with Crippen LogP contribution in [0.5, 0.6) is 0 Å². The molecule has 2 rings (SSSR count). The summed E-state index contributed by atoms with van der Waals surface area (Å²) in [6.07, 6.45) is 4.27. The Bertz CT molecular complexity index is 367. The van der Waals surface area contributed by atoms with Crippen LogP contribution in [-0.2, 0) is 11.3 Å². The number of aromatic amines is 1. The van der Waals surface area contributed by atoms with Gasteiger partial charge in [-0.05, 0) is 27.7 Å². The zero-order chi connectivity index (χ0) is 13.9. The van der Waals surface area contributed by atoms with Gasteiger partial charge in [0.05, 0.1) is 18.8 Å². The van der Waals surface area contributed by atoms with E-state index in [1.54, 1.807) is 6.20 Å². The second kappa shape index (κ2) is 6.03. The van der Waals surface area contributed by atoms with Gasteiger partial charge in [0.25, 0.3) is 0 Å². The van der Waals surface area contributed by atoms with Crippen molar-refractivity contribution in [3.63, 3.8) is 0 Å². The molecule has 1 fully saturated rings. The van der Waals surface area contributed by atoms with Crippen LogP contribution in [0.3, 0.4) is 0 Å². The van der Waals surface area contributed by atoms with Crippen LogP contribution in [0.25, 0.3) is 0 Å². The van der Waals surface area contributed by atoms with Crippen LogP contribution in [0.15, 0.2) is 12.4 Å². The quantitative estimate of drug-likeness (QED) is 0.845. The van der Waals surface area contributed by atoms with E-state index >= 15 is 0 Å². The Labute approximate surface area is 115 Å². The van der Waals surface area contributed by atoms with E-state index in [-0.39, 0.29) is 5.54 Å². The van der Waals surface area contributed by atoms with Gasteiger partial charge in [0.15, 0.2) is 0 Å². The van der Waals surface area contributed by atoms with Crippen molar-refractivity contribution >= 4 is 0 Å². The van der Waals surface area contributed by atoms with Crippen LogP contribution in [-0.4, -0.2) is 52.2 Å². The second-order valence-corrected chi connectivity index (χ2v) is 6.11. The van der Waals surface area contributed by atoms with Gasteiger partial charge in [-0.25, -0.2) is 4.98 Å². The summed E-state index contributed by atoms with van der Waals surface area (Å²) in [5.41, 5.74) is 0.124. The Morgan fingerprint density at radius 3 is 2.68 bits per heavy atom. The van der Waals surface area contributed by atoms with Crippen molar-refractivity contribution in [1.29, 1.82) is 0 Å². The van der Waals surface area contributed by atoms with E-state index in [9.17, 15) is 0 Å². The van der Waals surface area contributed by atoms with Gasteiger partial charge in [0.1, 0.15) is 5.82 Å². The molecule has 0 aromatic carbocycles. The van der Waals surface area contributed by atoms with Gasteiger partial charge in [-0.3, -0.25) is 4.90 Å². The Balaban J connectivity index is 1.83. The molecule has 0 radical (unpaired) electrons. The number of hydrogen-bond donors (Lipinski definition) is 2. The number of morpholine rings is 1. The average molecular weight is 266 g/mol. The topological polar surface area (TPSA) is 53.2 Å². The maximum absolute atomic E-state index is 5.80. The highest BCUT2D eigenvalue weighted by Gasteiger charge is 2.32. The number of aromatic nitrogens is 2. The lowest BCUT2D eigenvalue weighted by Gasteiger charge is -2.45. The van der Waals surface area contributed by atoms with Crippen LogP contribution in [0, 0.1) is 0 Å². The van der Waals surface area contributed by atoms with Crippen LogP contribution >= 0.6 is 0 Å². The minimum atomic E-state index is 0.124. The van der Waals surface area contributed by atoms with Gasteiger partial charge in [0, 0.05) is 37.6 Å². The summed E-state index contributed by atoms with van der Waals surface area (Å²) in [6.45, 7) is 12.6. The first-order chi connectivity index (χ1) is 8.97. The van der Waals surface area contributed by atoms with Gasteiger partial charge < -0.3 is 15.0 Å². The molecule has 0 bridgehead atoms. The molecule has 0 aliphatic carbocycles. The van der Waals surface area contributed by atoms with Crippen LogP contribution in [0.2, 0.25) is 0 Å². The lowest BCUT2D eigenvalue weighted by molar-refractivity contribution is -0.0952. The van der Waals surface area contributed by atoms with Gasteiger partial charge in [-0.1, -0.05) is 0 Å². The van der Waals surface area contributed by atoms with E-state index in [4.69, 9.17) is 4.74 Å². The number of rotatable bonds is 5. The van der Waals surface area contributed by atoms with Crippen LogP contribution < -0.4 is 5.32 Å². The summed E-state index contributed by atoms with van der Waals surface area (Å²) in [5.74, 6) is 0.986. The molecule has 2 atom stereocenters. The predicted octanol–water partition coefficient (Wildman–Crippen LogP) is 1.39. The fourth-order valence-electron chi connectivity index (χ4n) is 2.67. The van der Waals surface area contributed by atoms with E-state index in [0.29, 0.717) is 12.2 Å². The molecule has 108 valence electrons. The number of imidazole rings is 1. The first-order valence-electron chi connectivity index (χ1n) is 7.07. The van der Waals surface area contributed by atoms with Gasteiger partial charge in [-0.15, -0.1) is 0 Å². The summed E-state index contributed by atoms with van der Waals surface area (Å²) in [4.78, 5) is 9.85. The standard InChI is InChI=1S/C14H26N4O/c1-11-8-18(9-12(2)19-11)14(3,4)10-15-7-13-16-5-6-17-13/h5-6,11-12,15H,7-10H2,1-4H3,(H,16,17)/t11-,12+. The van der Waals surface area contributed by atoms with Gasteiger partial charge in [0.2, 0.25) is 0 Å². The third kappa shape index (κ3) is 4.03. The second-order valence-electron chi connectivity index (χ2n) is 6.11. The minimum absolute atomic E-state index is 0.124. The van der Waals surface area contributed by atoms with E-state index < -0.39 is 0 Å². The van der Waals surface area contributed by atoms with E-state index in [1.165, 1.54) is 0 Å². The molecule has 1 aliphatic heterocycles. The highest BCUT2D eigenvalue weighted by Crippen LogP contribution is 2.20. The molecule has 0 spiro atoms. The third-order valence-corrected chi connectivity index (χ3v) is 3.68. The molecule has 19 heavy (non-hydrogen) atoms. The Kier molecular flexibility index (Phi) is 4.60. The first-order valence-corrected chi connectivity index (χ1v) is 7.07. The monoisotopic (exact) mass is 266 g/mol. The molecule has 1 aromatic heterocycles. The van der Waals surface area contributed by atoms with Gasteiger partial charge >= 0.3 is 0 Å².